The SMILES string of the molecule is O=C(O)[C@H]1CCN(c2ccc(Cl)c(C(F)(F)F)c2)C1. The average molecular weight is 294 g/mol. The van der Waals surface area contributed by atoms with E-state index in [0.29, 0.717) is 18.7 Å². The molecule has 19 heavy (non-hydrogen) atoms. The molecule has 0 bridgehead atoms. The van der Waals surface area contributed by atoms with E-state index in [1.165, 1.54) is 12.1 Å². The maximum absolute atomic E-state index is 12.7. The summed E-state index contributed by atoms with van der Waals surface area (Å²) < 4.78 is 38.2. The van der Waals surface area contributed by atoms with Crippen LogP contribution in [0.15, 0.2) is 18.2 Å². The zero-order chi connectivity index (χ0) is 14.2. The topological polar surface area (TPSA) is 40.5 Å². The van der Waals surface area contributed by atoms with Gasteiger partial charge >= 0.3 is 12.1 Å². The zero-order valence-electron chi connectivity index (χ0n) is 9.75. The number of nitrogens with zero attached hydrogens (tertiary/aromatic N) is 1. The van der Waals surface area contributed by atoms with Gasteiger partial charge in [0, 0.05) is 18.8 Å². The molecule has 1 aromatic carbocycles. The van der Waals surface area contributed by atoms with Crippen molar-refractivity contribution in [3.8, 4) is 0 Å². The highest BCUT2D eigenvalue weighted by Crippen LogP contribution is 2.37. The molecule has 104 valence electrons. The van der Waals surface area contributed by atoms with Crippen LogP contribution < -0.4 is 4.90 Å². The average Bonchev–Trinajstić information content (AvgIpc) is 2.77. The summed E-state index contributed by atoms with van der Waals surface area (Å²) in [6, 6.07) is 3.63. The van der Waals surface area contributed by atoms with Gasteiger partial charge in [0.25, 0.3) is 0 Å². The fraction of sp³-hybridized carbons (Fsp3) is 0.417. The molecule has 1 aliphatic heterocycles. The monoisotopic (exact) mass is 293 g/mol. The minimum absolute atomic E-state index is 0.217. The Morgan fingerprint density at radius 3 is 2.63 bits per heavy atom. The summed E-state index contributed by atoms with van der Waals surface area (Å²) in [6.07, 6.45) is -4.08. The van der Waals surface area contributed by atoms with E-state index >= 15 is 0 Å². The number of carboxylic acids is 1. The van der Waals surface area contributed by atoms with Gasteiger partial charge in [-0.15, -0.1) is 0 Å². The number of anilines is 1. The first-order chi connectivity index (χ1) is 8.79. The number of hydrogen-bond donors (Lipinski definition) is 1. The van der Waals surface area contributed by atoms with Gasteiger partial charge < -0.3 is 10.0 Å². The van der Waals surface area contributed by atoms with Gasteiger partial charge in [0.1, 0.15) is 0 Å². The number of benzene rings is 1. The van der Waals surface area contributed by atoms with E-state index in [2.05, 4.69) is 0 Å². The molecule has 0 aromatic heterocycles. The first-order valence-corrected chi connectivity index (χ1v) is 6.01. The molecule has 1 N–H and O–H groups in total. The largest absolute Gasteiger partial charge is 0.481 e. The summed E-state index contributed by atoms with van der Waals surface area (Å²) in [7, 11) is 0. The second-order valence-corrected chi connectivity index (χ2v) is 4.84. The molecule has 0 unspecified atom stereocenters. The Morgan fingerprint density at radius 1 is 1.42 bits per heavy atom. The van der Waals surface area contributed by atoms with Gasteiger partial charge in [0.05, 0.1) is 16.5 Å². The van der Waals surface area contributed by atoms with E-state index in [1.54, 1.807) is 4.90 Å². The van der Waals surface area contributed by atoms with Crippen molar-refractivity contribution in [1.29, 1.82) is 0 Å². The number of aliphatic carboxylic acids is 1. The number of carboxylic acid groups (broad SMARTS) is 1. The molecule has 0 aliphatic carbocycles. The standard InChI is InChI=1S/C12H11ClF3NO2/c13-10-2-1-8(5-9(10)12(14,15)16)17-4-3-7(6-17)11(18)19/h1-2,5,7H,3-4,6H2,(H,18,19)/t7-/m0/s1. The fourth-order valence-electron chi connectivity index (χ4n) is 2.12. The first kappa shape index (κ1) is 14.0. The molecule has 1 saturated heterocycles. The molecule has 2 rings (SSSR count). The third kappa shape index (κ3) is 2.94. The molecule has 1 fully saturated rings. The van der Waals surface area contributed by atoms with Crippen molar-refractivity contribution in [3.63, 3.8) is 0 Å². The lowest BCUT2D eigenvalue weighted by Crippen LogP contribution is -2.23. The molecule has 1 aliphatic rings. The van der Waals surface area contributed by atoms with Crippen molar-refractivity contribution >= 4 is 23.3 Å². The number of alkyl halides is 3. The maximum atomic E-state index is 12.7. The van der Waals surface area contributed by atoms with E-state index in [1.807, 2.05) is 0 Å². The molecule has 1 atom stereocenters. The summed E-state index contributed by atoms with van der Waals surface area (Å²) in [5.74, 6) is -1.46. The highest BCUT2D eigenvalue weighted by Gasteiger charge is 2.35. The lowest BCUT2D eigenvalue weighted by atomic mass is 10.1. The summed E-state index contributed by atoms with van der Waals surface area (Å²) in [5, 5.41) is 8.52. The highest BCUT2D eigenvalue weighted by atomic mass is 35.5. The van der Waals surface area contributed by atoms with E-state index in [4.69, 9.17) is 16.7 Å². The maximum Gasteiger partial charge on any atom is 0.417 e. The van der Waals surface area contributed by atoms with Crippen LogP contribution in [0.25, 0.3) is 0 Å². The summed E-state index contributed by atoms with van der Waals surface area (Å²) in [4.78, 5) is 12.5. The summed E-state index contributed by atoms with van der Waals surface area (Å²) >= 11 is 5.53. The molecule has 1 heterocycles. The quantitative estimate of drug-likeness (QED) is 0.910. The van der Waals surface area contributed by atoms with Crippen LogP contribution in [0.5, 0.6) is 0 Å². The summed E-state index contributed by atoms with van der Waals surface area (Å²) in [6.45, 7) is 0.643. The van der Waals surface area contributed by atoms with Crippen LogP contribution in [-0.4, -0.2) is 24.2 Å². The van der Waals surface area contributed by atoms with Crippen LogP contribution in [0.4, 0.5) is 18.9 Å². The van der Waals surface area contributed by atoms with Crippen molar-refractivity contribution in [3.05, 3.63) is 28.8 Å². The van der Waals surface area contributed by atoms with Crippen molar-refractivity contribution in [1.82, 2.24) is 0 Å². The lowest BCUT2D eigenvalue weighted by Gasteiger charge is -2.20. The van der Waals surface area contributed by atoms with Gasteiger partial charge in [-0.25, -0.2) is 0 Å². The fourth-order valence-corrected chi connectivity index (χ4v) is 2.35. The molecule has 0 radical (unpaired) electrons. The second kappa shape index (κ2) is 4.92. The molecule has 1 aromatic rings. The molecule has 0 saturated carbocycles. The third-order valence-corrected chi connectivity index (χ3v) is 3.49. The van der Waals surface area contributed by atoms with E-state index in [0.717, 1.165) is 6.07 Å². The number of halogens is 4. The first-order valence-electron chi connectivity index (χ1n) is 5.63. The predicted molar refractivity (Wildman–Crippen MR) is 64.4 cm³/mol. The van der Waals surface area contributed by atoms with Crippen molar-refractivity contribution < 1.29 is 23.1 Å². The van der Waals surface area contributed by atoms with Crippen LogP contribution >= 0.6 is 11.6 Å². The second-order valence-electron chi connectivity index (χ2n) is 4.43. The van der Waals surface area contributed by atoms with Gasteiger partial charge in [-0.2, -0.15) is 13.2 Å². The number of carbonyl (C=O) groups is 1. The van der Waals surface area contributed by atoms with Crippen LogP contribution in [0.1, 0.15) is 12.0 Å². The van der Waals surface area contributed by atoms with Gasteiger partial charge in [-0.1, -0.05) is 11.6 Å². The van der Waals surface area contributed by atoms with Crippen LogP contribution in [0.3, 0.4) is 0 Å². The third-order valence-electron chi connectivity index (χ3n) is 3.16. The Hall–Kier alpha value is -1.43. The molecule has 3 nitrogen and oxygen atoms in total. The van der Waals surface area contributed by atoms with E-state index < -0.39 is 23.6 Å². The Morgan fingerprint density at radius 2 is 2.11 bits per heavy atom. The Bertz CT molecular complexity index is 504. The number of rotatable bonds is 2. The van der Waals surface area contributed by atoms with Crippen LogP contribution in [-0.2, 0) is 11.0 Å². The molecule has 0 amide bonds. The van der Waals surface area contributed by atoms with Crippen LogP contribution in [0, 0.1) is 5.92 Å². The minimum Gasteiger partial charge on any atom is -0.481 e. The molecule has 7 heteroatoms. The Labute approximate surface area is 112 Å². The van der Waals surface area contributed by atoms with Crippen molar-refractivity contribution in [2.75, 3.05) is 18.0 Å². The Kier molecular flexibility index (Phi) is 3.62. The van der Waals surface area contributed by atoms with Crippen LogP contribution in [0.2, 0.25) is 5.02 Å². The Balaban J connectivity index is 2.25. The van der Waals surface area contributed by atoms with Gasteiger partial charge in [-0.05, 0) is 24.6 Å². The van der Waals surface area contributed by atoms with Gasteiger partial charge in [-0.3, -0.25) is 4.79 Å². The smallest absolute Gasteiger partial charge is 0.417 e. The molecular formula is C12H11ClF3NO2. The van der Waals surface area contributed by atoms with Gasteiger partial charge in [0.15, 0.2) is 0 Å². The summed E-state index contributed by atoms with van der Waals surface area (Å²) in [5.41, 5.74) is -0.550. The van der Waals surface area contributed by atoms with Crippen molar-refractivity contribution in [2.24, 2.45) is 5.92 Å². The lowest BCUT2D eigenvalue weighted by molar-refractivity contribution is -0.141. The van der Waals surface area contributed by atoms with E-state index in [9.17, 15) is 18.0 Å². The molecule has 0 spiro atoms. The van der Waals surface area contributed by atoms with Crippen molar-refractivity contribution in [2.45, 2.75) is 12.6 Å². The van der Waals surface area contributed by atoms with E-state index in [-0.39, 0.29) is 11.6 Å². The highest BCUT2D eigenvalue weighted by molar-refractivity contribution is 6.31. The van der Waals surface area contributed by atoms with Gasteiger partial charge in [0.2, 0.25) is 0 Å². The molecular weight excluding hydrogens is 283 g/mol. The number of hydrogen-bond acceptors (Lipinski definition) is 2. The predicted octanol–water partition coefficient (Wildman–Crippen LogP) is 3.27. The minimum atomic E-state index is -4.51. The zero-order valence-corrected chi connectivity index (χ0v) is 10.5. The normalized spacial score (nSPS) is 19.8.